The van der Waals surface area contributed by atoms with Crippen molar-refractivity contribution in [1.82, 2.24) is 10.7 Å². The van der Waals surface area contributed by atoms with Gasteiger partial charge in [0.2, 0.25) is 0 Å². The van der Waals surface area contributed by atoms with E-state index in [1.54, 1.807) is 49.6 Å². The van der Waals surface area contributed by atoms with E-state index in [9.17, 15) is 18.8 Å². The molecule has 0 aromatic heterocycles. The van der Waals surface area contributed by atoms with Crippen LogP contribution in [-0.2, 0) is 20.8 Å². The normalized spacial score (nSPS) is 10.6. The third kappa shape index (κ3) is 8.82. The molecule has 0 saturated heterocycles. The number of nitrogens with zero attached hydrogens (tertiary/aromatic N) is 1. The van der Waals surface area contributed by atoms with Crippen molar-refractivity contribution in [1.29, 1.82) is 0 Å². The van der Waals surface area contributed by atoms with Gasteiger partial charge in [0, 0.05) is 16.6 Å². The van der Waals surface area contributed by atoms with Crippen LogP contribution in [-0.4, -0.2) is 51.3 Å². The Morgan fingerprint density at radius 3 is 2.46 bits per heavy atom. The van der Waals surface area contributed by atoms with E-state index in [1.165, 1.54) is 25.5 Å². The molecule has 3 rings (SSSR count). The second-order valence-corrected chi connectivity index (χ2v) is 8.81. The minimum atomic E-state index is -0.951. The molecule has 0 aliphatic rings. The molecule has 0 bridgehead atoms. The molecule has 0 aliphatic heterocycles. The molecule has 3 N–H and O–H groups in total. The van der Waals surface area contributed by atoms with Crippen molar-refractivity contribution in [3.63, 3.8) is 0 Å². The zero-order valence-corrected chi connectivity index (χ0v) is 22.7. The smallest absolute Gasteiger partial charge is 0.329 e. The topological polar surface area (TPSA) is 127 Å². The Morgan fingerprint density at radius 1 is 0.949 bits per heavy atom. The van der Waals surface area contributed by atoms with Gasteiger partial charge in [0.05, 0.1) is 26.1 Å². The van der Waals surface area contributed by atoms with Crippen LogP contribution in [0.15, 0.2) is 70.2 Å². The lowest BCUT2D eigenvalue weighted by Crippen LogP contribution is -2.38. The highest BCUT2D eigenvalue weighted by molar-refractivity contribution is 9.10. The maximum Gasteiger partial charge on any atom is 0.329 e. The van der Waals surface area contributed by atoms with Gasteiger partial charge in [-0.15, -0.1) is 0 Å². The first-order valence-corrected chi connectivity index (χ1v) is 12.4. The summed E-state index contributed by atoms with van der Waals surface area (Å²) in [7, 11) is 3.07. The maximum absolute atomic E-state index is 13.9. The summed E-state index contributed by atoms with van der Waals surface area (Å²) in [5, 5.41) is 8.75. The number of para-hydroxylation sites is 1. The van der Waals surface area contributed by atoms with E-state index in [-0.39, 0.29) is 12.2 Å². The van der Waals surface area contributed by atoms with E-state index in [0.29, 0.717) is 33.7 Å². The van der Waals surface area contributed by atoms with Gasteiger partial charge in [-0.05, 0) is 54.4 Å². The van der Waals surface area contributed by atoms with Gasteiger partial charge in [-0.2, -0.15) is 5.10 Å². The summed E-state index contributed by atoms with van der Waals surface area (Å²) in [6.45, 7) is -0.177. The Kier molecular flexibility index (Phi) is 10.8. The first-order chi connectivity index (χ1) is 18.8. The minimum Gasteiger partial charge on any atom is -0.493 e. The average Bonchev–Trinajstić information content (AvgIpc) is 2.93. The molecule has 0 radical (unpaired) electrons. The van der Waals surface area contributed by atoms with Crippen LogP contribution in [0.2, 0.25) is 0 Å². The van der Waals surface area contributed by atoms with E-state index in [4.69, 9.17) is 14.2 Å². The fraction of sp³-hybridized carbons (Fsp3) is 0.185. The minimum absolute atomic E-state index is 0.0198. The summed E-state index contributed by atoms with van der Waals surface area (Å²) in [5.74, 6) is -1.51. The monoisotopic (exact) mass is 600 g/mol. The lowest BCUT2D eigenvalue weighted by molar-refractivity contribution is -0.139. The predicted molar refractivity (Wildman–Crippen MR) is 147 cm³/mol. The molecule has 0 spiro atoms. The number of halogens is 2. The quantitative estimate of drug-likeness (QED) is 0.176. The Bertz CT molecular complexity index is 1370. The molecule has 3 amide bonds. The molecule has 0 unspecified atom stereocenters. The SMILES string of the molecule is COc1ccc(CCNC(=O)C(=O)N/N=C\c2ccccc2OCC(=O)Nc2ccc(Br)cc2F)cc1OC. The number of ether oxygens (including phenoxy) is 3. The van der Waals surface area contributed by atoms with E-state index in [1.807, 2.05) is 6.07 Å². The molecular formula is C27H26BrFN4O6. The first kappa shape index (κ1) is 29.1. The van der Waals surface area contributed by atoms with E-state index < -0.39 is 30.1 Å². The Morgan fingerprint density at radius 2 is 1.72 bits per heavy atom. The van der Waals surface area contributed by atoms with Crippen LogP contribution >= 0.6 is 15.9 Å². The highest BCUT2D eigenvalue weighted by Gasteiger charge is 2.13. The van der Waals surface area contributed by atoms with Gasteiger partial charge in [-0.25, -0.2) is 9.82 Å². The second kappa shape index (κ2) is 14.5. The molecule has 0 atom stereocenters. The largest absolute Gasteiger partial charge is 0.493 e. The van der Waals surface area contributed by atoms with Gasteiger partial charge >= 0.3 is 11.8 Å². The van der Waals surface area contributed by atoms with Crippen LogP contribution in [0.4, 0.5) is 10.1 Å². The van der Waals surface area contributed by atoms with E-state index in [2.05, 4.69) is 37.1 Å². The van der Waals surface area contributed by atoms with Gasteiger partial charge in [-0.3, -0.25) is 14.4 Å². The van der Waals surface area contributed by atoms with E-state index >= 15 is 0 Å². The van der Waals surface area contributed by atoms with Gasteiger partial charge in [0.1, 0.15) is 11.6 Å². The molecule has 204 valence electrons. The lowest BCUT2D eigenvalue weighted by atomic mass is 10.1. The maximum atomic E-state index is 13.9. The number of carbonyl (C=O) groups excluding carboxylic acids is 3. The van der Waals surface area contributed by atoms with Crippen LogP contribution in [0.1, 0.15) is 11.1 Å². The molecular weight excluding hydrogens is 575 g/mol. The standard InChI is InChI=1S/C27H26BrFN4O6/c1-37-23-10-7-17(13-24(23)38-2)11-12-30-26(35)27(36)33-31-15-18-5-3-4-6-22(18)39-16-25(34)32-21-9-8-19(28)14-20(21)29/h3-10,13-15H,11-12,16H2,1-2H3,(H,30,35)(H,32,34)(H,33,36)/b31-15-. The van der Waals surface area contributed by atoms with Crippen molar-refractivity contribution in [2.45, 2.75) is 6.42 Å². The van der Waals surface area contributed by atoms with Gasteiger partial charge in [0.15, 0.2) is 18.1 Å². The van der Waals surface area contributed by atoms with Crippen LogP contribution in [0.5, 0.6) is 17.2 Å². The summed E-state index contributed by atoms with van der Waals surface area (Å²) >= 11 is 3.15. The third-order valence-electron chi connectivity index (χ3n) is 5.21. The number of hydrogen-bond acceptors (Lipinski definition) is 7. The summed E-state index contributed by atoms with van der Waals surface area (Å²) in [6.07, 6.45) is 1.74. The Labute approximate surface area is 232 Å². The lowest BCUT2D eigenvalue weighted by Gasteiger charge is -2.10. The van der Waals surface area contributed by atoms with Crippen molar-refractivity contribution in [3.8, 4) is 17.2 Å². The highest BCUT2D eigenvalue weighted by atomic mass is 79.9. The molecule has 39 heavy (non-hydrogen) atoms. The Balaban J connectivity index is 1.47. The zero-order chi connectivity index (χ0) is 28.2. The number of carbonyl (C=O) groups is 3. The molecule has 3 aromatic carbocycles. The van der Waals surface area contributed by atoms with Gasteiger partial charge in [0.25, 0.3) is 5.91 Å². The van der Waals surface area contributed by atoms with Crippen LogP contribution in [0, 0.1) is 5.82 Å². The molecule has 10 nitrogen and oxygen atoms in total. The number of nitrogens with one attached hydrogen (secondary N) is 3. The summed E-state index contributed by atoms with van der Waals surface area (Å²) < 4.78 is 30.4. The van der Waals surface area contributed by atoms with Crippen LogP contribution < -0.4 is 30.3 Å². The van der Waals surface area contributed by atoms with Crippen molar-refractivity contribution >= 4 is 45.6 Å². The number of anilines is 1. The van der Waals surface area contributed by atoms with Crippen molar-refractivity contribution in [2.75, 3.05) is 32.7 Å². The number of benzene rings is 3. The number of amides is 3. The zero-order valence-electron chi connectivity index (χ0n) is 21.1. The molecule has 0 aliphatic carbocycles. The molecule has 12 heteroatoms. The summed E-state index contributed by atoms with van der Waals surface area (Å²) in [4.78, 5) is 36.4. The van der Waals surface area contributed by atoms with Crippen molar-refractivity contribution < 1.29 is 33.0 Å². The average molecular weight is 601 g/mol. The summed E-state index contributed by atoms with van der Waals surface area (Å²) in [5.41, 5.74) is 3.50. The van der Waals surface area contributed by atoms with E-state index in [0.717, 1.165) is 5.56 Å². The fourth-order valence-corrected chi connectivity index (χ4v) is 3.62. The Hall–Kier alpha value is -4.45. The van der Waals surface area contributed by atoms with Gasteiger partial charge < -0.3 is 24.8 Å². The third-order valence-corrected chi connectivity index (χ3v) is 5.70. The predicted octanol–water partition coefficient (Wildman–Crippen LogP) is 3.43. The fourth-order valence-electron chi connectivity index (χ4n) is 3.29. The molecule has 0 fully saturated rings. The number of methoxy groups -OCH3 is 2. The van der Waals surface area contributed by atoms with Crippen LogP contribution in [0.3, 0.4) is 0 Å². The van der Waals surface area contributed by atoms with Crippen molar-refractivity contribution in [2.24, 2.45) is 5.10 Å². The first-order valence-electron chi connectivity index (χ1n) is 11.6. The molecule has 0 saturated carbocycles. The second-order valence-electron chi connectivity index (χ2n) is 7.89. The summed E-state index contributed by atoms with van der Waals surface area (Å²) in [6, 6.07) is 16.3. The number of rotatable bonds is 11. The highest BCUT2D eigenvalue weighted by Crippen LogP contribution is 2.27. The van der Waals surface area contributed by atoms with Crippen LogP contribution in [0.25, 0.3) is 0 Å². The number of hydrazone groups is 1. The molecule has 3 aromatic rings. The van der Waals surface area contributed by atoms with Gasteiger partial charge in [-0.1, -0.05) is 34.1 Å². The molecule has 0 heterocycles. The van der Waals surface area contributed by atoms with Crippen molar-refractivity contribution in [3.05, 3.63) is 82.1 Å². The number of hydrogen-bond donors (Lipinski definition) is 3.